The zero-order valence-electron chi connectivity index (χ0n) is 15.8. The third-order valence-corrected chi connectivity index (χ3v) is 5.62. The lowest BCUT2D eigenvalue weighted by Gasteiger charge is -2.33. The largest absolute Gasteiger partial charge is 0.355 e. The Morgan fingerprint density at radius 3 is 2.68 bits per heavy atom. The molecule has 4 rings (SSSR count). The Labute approximate surface area is 164 Å². The molecule has 2 aromatic heterocycles. The maximum Gasteiger partial charge on any atom is 0.320 e. The lowest BCUT2D eigenvalue weighted by molar-refractivity contribution is 0.245. The Balaban J connectivity index is 1.30. The summed E-state index contributed by atoms with van der Waals surface area (Å²) in [4.78, 5) is 18.9. The summed E-state index contributed by atoms with van der Waals surface area (Å²) >= 11 is 0. The topological polar surface area (TPSA) is 98.9 Å². The van der Waals surface area contributed by atoms with E-state index in [9.17, 15) is 10.1 Å². The van der Waals surface area contributed by atoms with E-state index in [-0.39, 0.29) is 12.1 Å². The second-order valence-corrected chi connectivity index (χ2v) is 7.45. The first-order valence-electron chi connectivity index (χ1n) is 9.95. The molecule has 2 aliphatic rings. The van der Waals surface area contributed by atoms with Gasteiger partial charge in [-0.05, 0) is 37.8 Å². The van der Waals surface area contributed by atoms with Crippen molar-refractivity contribution in [2.75, 3.05) is 23.3 Å². The van der Waals surface area contributed by atoms with Crippen LogP contribution in [0, 0.1) is 11.3 Å². The molecule has 2 N–H and O–H groups in total. The van der Waals surface area contributed by atoms with E-state index in [4.69, 9.17) is 0 Å². The highest BCUT2D eigenvalue weighted by atomic mass is 16.2. The van der Waals surface area contributed by atoms with E-state index in [0.29, 0.717) is 11.6 Å². The number of nitrogens with zero attached hydrogens (tertiary/aromatic N) is 5. The van der Waals surface area contributed by atoms with E-state index in [0.717, 1.165) is 50.4 Å². The Bertz CT molecular complexity index is 857. The number of nitriles is 1. The minimum atomic E-state index is -0.186. The molecular formula is C20H25N7O. The average molecular weight is 379 g/mol. The van der Waals surface area contributed by atoms with Gasteiger partial charge in [-0.1, -0.05) is 12.8 Å². The first-order valence-corrected chi connectivity index (χ1v) is 9.95. The first-order chi connectivity index (χ1) is 13.7. The monoisotopic (exact) mass is 379 g/mol. The summed E-state index contributed by atoms with van der Waals surface area (Å²) in [5.74, 6) is 1.49. The van der Waals surface area contributed by atoms with Gasteiger partial charge in [0.2, 0.25) is 0 Å². The van der Waals surface area contributed by atoms with Gasteiger partial charge in [-0.15, -0.1) is 0 Å². The van der Waals surface area contributed by atoms with Gasteiger partial charge in [0.25, 0.3) is 0 Å². The lowest BCUT2D eigenvalue weighted by atomic mass is 10.0. The van der Waals surface area contributed by atoms with Gasteiger partial charge in [0.1, 0.15) is 17.7 Å². The molecule has 1 saturated carbocycles. The standard InChI is InChI=1S/C20H25N7O/c21-14-15-4-3-10-22-19(15)26-12-8-16(9-13-26)24-20(28)25-18-7-11-23-27(18)17-5-1-2-6-17/h3-4,7,10-11,16-17H,1-2,5-6,8-9,12-13H2,(H2,24,25,28). The first kappa shape index (κ1) is 18.3. The number of hydrogen-bond acceptors (Lipinski definition) is 5. The van der Waals surface area contributed by atoms with Gasteiger partial charge in [0.15, 0.2) is 0 Å². The summed E-state index contributed by atoms with van der Waals surface area (Å²) in [6.45, 7) is 1.52. The van der Waals surface area contributed by atoms with Crippen LogP contribution in [0.25, 0.3) is 0 Å². The van der Waals surface area contributed by atoms with E-state index in [1.165, 1.54) is 12.8 Å². The number of carbonyl (C=O) groups is 1. The number of rotatable bonds is 4. The number of anilines is 2. The minimum absolute atomic E-state index is 0.105. The molecule has 0 unspecified atom stereocenters. The summed E-state index contributed by atoms with van der Waals surface area (Å²) in [5.41, 5.74) is 0.590. The Kier molecular flexibility index (Phi) is 5.42. The predicted octanol–water partition coefficient (Wildman–Crippen LogP) is 3.06. The summed E-state index contributed by atoms with van der Waals surface area (Å²) in [6.07, 6.45) is 9.77. The maximum atomic E-state index is 12.5. The molecule has 1 aliphatic heterocycles. The van der Waals surface area contributed by atoms with Gasteiger partial charge >= 0.3 is 6.03 Å². The smallest absolute Gasteiger partial charge is 0.320 e. The number of urea groups is 1. The fraction of sp³-hybridized carbons (Fsp3) is 0.500. The predicted molar refractivity (Wildman–Crippen MR) is 106 cm³/mol. The molecule has 0 aromatic carbocycles. The molecule has 28 heavy (non-hydrogen) atoms. The number of amides is 2. The van der Waals surface area contributed by atoms with Gasteiger partial charge in [-0.3, -0.25) is 5.32 Å². The molecule has 146 valence electrons. The summed E-state index contributed by atoms with van der Waals surface area (Å²) in [5, 5.41) is 19.7. The molecule has 2 amide bonds. The van der Waals surface area contributed by atoms with Crippen molar-refractivity contribution >= 4 is 17.7 Å². The molecule has 3 heterocycles. The SMILES string of the molecule is N#Cc1cccnc1N1CCC(NC(=O)Nc2ccnn2C2CCCC2)CC1. The maximum absolute atomic E-state index is 12.5. The van der Waals surface area contributed by atoms with Crippen molar-refractivity contribution in [3.63, 3.8) is 0 Å². The van der Waals surface area contributed by atoms with Crippen LogP contribution < -0.4 is 15.5 Å². The van der Waals surface area contributed by atoms with E-state index < -0.39 is 0 Å². The van der Waals surface area contributed by atoms with Crippen molar-refractivity contribution in [1.29, 1.82) is 5.26 Å². The highest BCUT2D eigenvalue weighted by Crippen LogP contribution is 2.31. The van der Waals surface area contributed by atoms with Crippen LogP contribution in [0.5, 0.6) is 0 Å². The van der Waals surface area contributed by atoms with Crippen molar-refractivity contribution in [2.24, 2.45) is 0 Å². The molecule has 1 saturated heterocycles. The van der Waals surface area contributed by atoms with Crippen LogP contribution in [-0.2, 0) is 0 Å². The van der Waals surface area contributed by atoms with Gasteiger partial charge in [0, 0.05) is 31.4 Å². The fourth-order valence-electron chi connectivity index (χ4n) is 4.16. The third-order valence-electron chi connectivity index (χ3n) is 5.62. The van der Waals surface area contributed by atoms with Gasteiger partial charge in [-0.25, -0.2) is 14.5 Å². The molecule has 2 aromatic rings. The zero-order valence-corrected chi connectivity index (χ0v) is 15.8. The zero-order chi connectivity index (χ0) is 19.3. The van der Waals surface area contributed by atoms with E-state index in [1.807, 2.05) is 10.7 Å². The van der Waals surface area contributed by atoms with Crippen molar-refractivity contribution in [2.45, 2.75) is 50.6 Å². The Morgan fingerprint density at radius 1 is 1.14 bits per heavy atom. The number of carbonyl (C=O) groups excluding carboxylic acids is 1. The number of pyridine rings is 1. The fourth-order valence-corrected chi connectivity index (χ4v) is 4.16. The molecule has 0 radical (unpaired) electrons. The minimum Gasteiger partial charge on any atom is -0.355 e. The van der Waals surface area contributed by atoms with Gasteiger partial charge in [0.05, 0.1) is 17.8 Å². The quantitative estimate of drug-likeness (QED) is 0.851. The van der Waals surface area contributed by atoms with Crippen molar-refractivity contribution < 1.29 is 4.79 Å². The molecule has 1 aliphatic carbocycles. The molecule has 0 spiro atoms. The molecule has 0 atom stereocenters. The van der Waals surface area contributed by atoms with Crippen molar-refractivity contribution in [3.05, 3.63) is 36.2 Å². The van der Waals surface area contributed by atoms with Crippen LogP contribution in [0.2, 0.25) is 0 Å². The van der Waals surface area contributed by atoms with Crippen LogP contribution in [0.3, 0.4) is 0 Å². The lowest BCUT2D eigenvalue weighted by Crippen LogP contribution is -2.46. The van der Waals surface area contributed by atoms with Crippen molar-refractivity contribution in [3.8, 4) is 6.07 Å². The Morgan fingerprint density at radius 2 is 1.93 bits per heavy atom. The summed E-state index contributed by atoms with van der Waals surface area (Å²) in [7, 11) is 0. The van der Waals surface area contributed by atoms with E-state index in [1.54, 1.807) is 24.5 Å². The number of aromatic nitrogens is 3. The average Bonchev–Trinajstić information content (AvgIpc) is 3.40. The summed E-state index contributed by atoms with van der Waals surface area (Å²) in [6, 6.07) is 7.92. The molecule has 8 nitrogen and oxygen atoms in total. The molecule has 8 heteroatoms. The van der Waals surface area contributed by atoms with Crippen LogP contribution in [0.1, 0.15) is 50.1 Å². The van der Waals surface area contributed by atoms with Gasteiger partial charge < -0.3 is 10.2 Å². The van der Waals surface area contributed by atoms with Crippen LogP contribution in [0.15, 0.2) is 30.6 Å². The second kappa shape index (κ2) is 8.30. The second-order valence-electron chi connectivity index (χ2n) is 7.45. The number of hydrogen-bond donors (Lipinski definition) is 2. The van der Waals surface area contributed by atoms with Gasteiger partial charge in [-0.2, -0.15) is 10.4 Å². The molecular weight excluding hydrogens is 354 g/mol. The van der Waals surface area contributed by atoms with Crippen LogP contribution in [-0.4, -0.2) is 39.9 Å². The molecule has 2 fully saturated rings. The van der Waals surface area contributed by atoms with Crippen LogP contribution >= 0.6 is 0 Å². The van der Waals surface area contributed by atoms with E-state index in [2.05, 4.69) is 31.7 Å². The Hall–Kier alpha value is -3.08. The number of nitrogens with one attached hydrogen (secondary N) is 2. The highest BCUT2D eigenvalue weighted by molar-refractivity contribution is 5.88. The molecule has 0 bridgehead atoms. The van der Waals surface area contributed by atoms with Crippen LogP contribution in [0.4, 0.5) is 16.4 Å². The summed E-state index contributed by atoms with van der Waals surface area (Å²) < 4.78 is 1.94. The number of piperidine rings is 1. The van der Waals surface area contributed by atoms with Crippen molar-refractivity contribution in [1.82, 2.24) is 20.1 Å². The normalized spacial score (nSPS) is 18.0. The van der Waals surface area contributed by atoms with E-state index >= 15 is 0 Å². The highest BCUT2D eigenvalue weighted by Gasteiger charge is 2.24. The third kappa shape index (κ3) is 3.93.